The van der Waals surface area contributed by atoms with Crippen LogP contribution in [0.15, 0.2) is 60.8 Å². The Kier molecular flexibility index (Phi) is 5.81. The van der Waals surface area contributed by atoms with Gasteiger partial charge < -0.3 is 10.6 Å². The first kappa shape index (κ1) is 18.6. The molecule has 0 spiro atoms. The van der Waals surface area contributed by atoms with Crippen molar-refractivity contribution in [3.05, 3.63) is 89.0 Å². The highest BCUT2D eigenvalue weighted by atomic mass is 19.1. The molecule has 0 aliphatic carbocycles. The number of para-hydroxylation sites is 1. The van der Waals surface area contributed by atoms with E-state index in [1.807, 2.05) is 38.1 Å². The molecule has 2 aromatic carbocycles. The predicted molar refractivity (Wildman–Crippen MR) is 107 cm³/mol. The molecule has 2 N–H and O–H groups in total. The van der Waals surface area contributed by atoms with Gasteiger partial charge in [0.15, 0.2) is 0 Å². The first-order valence-electron chi connectivity index (χ1n) is 8.85. The molecular formula is C22H22FN3O. The van der Waals surface area contributed by atoms with Crippen molar-refractivity contribution in [1.29, 1.82) is 0 Å². The lowest BCUT2D eigenvalue weighted by atomic mass is 10.1. The van der Waals surface area contributed by atoms with Crippen LogP contribution >= 0.6 is 0 Å². The molecule has 0 saturated carbocycles. The fourth-order valence-corrected chi connectivity index (χ4v) is 2.86. The largest absolute Gasteiger partial charge is 0.383 e. The van der Waals surface area contributed by atoms with E-state index in [1.165, 1.54) is 6.07 Å². The lowest BCUT2D eigenvalue weighted by Gasteiger charge is -2.11. The molecule has 3 aromatic rings. The van der Waals surface area contributed by atoms with E-state index in [4.69, 9.17) is 0 Å². The predicted octanol–water partition coefficient (Wildman–Crippen LogP) is 4.74. The highest BCUT2D eigenvalue weighted by Gasteiger charge is 2.11. The lowest BCUT2D eigenvalue weighted by Crippen LogP contribution is -2.15. The summed E-state index contributed by atoms with van der Waals surface area (Å²) in [5.74, 6) is -0.443. The van der Waals surface area contributed by atoms with E-state index in [0.29, 0.717) is 24.2 Å². The molecule has 0 fully saturated rings. The van der Waals surface area contributed by atoms with Gasteiger partial charge in [0.25, 0.3) is 5.91 Å². The first-order valence-corrected chi connectivity index (χ1v) is 8.85. The molecule has 0 aliphatic heterocycles. The van der Waals surface area contributed by atoms with Gasteiger partial charge in [-0.05, 0) is 55.2 Å². The summed E-state index contributed by atoms with van der Waals surface area (Å²) in [4.78, 5) is 16.7. The zero-order valence-electron chi connectivity index (χ0n) is 15.4. The van der Waals surface area contributed by atoms with E-state index in [1.54, 1.807) is 30.5 Å². The number of hydrogen-bond donors (Lipinski definition) is 2. The minimum absolute atomic E-state index is 0.198. The van der Waals surface area contributed by atoms with Gasteiger partial charge in [-0.3, -0.25) is 4.79 Å². The second kappa shape index (κ2) is 8.45. The summed E-state index contributed by atoms with van der Waals surface area (Å²) < 4.78 is 13.6. The Balaban J connectivity index is 1.58. The fourth-order valence-electron chi connectivity index (χ4n) is 2.86. The van der Waals surface area contributed by atoms with Crippen molar-refractivity contribution in [2.45, 2.75) is 20.3 Å². The summed E-state index contributed by atoms with van der Waals surface area (Å²) in [6.07, 6.45) is 2.18. The van der Waals surface area contributed by atoms with Crippen molar-refractivity contribution in [1.82, 2.24) is 4.98 Å². The van der Waals surface area contributed by atoms with Crippen LogP contribution < -0.4 is 10.6 Å². The molecule has 138 valence electrons. The summed E-state index contributed by atoms with van der Waals surface area (Å²) >= 11 is 0. The molecule has 0 radical (unpaired) electrons. The molecule has 1 aromatic heterocycles. The number of pyridine rings is 1. The van der Waals surface area contributed by atoms with Crippen molar-refractivity contribution in [3.63, 3.8) is 0 Å². The third-order valence-corrected chi connectivity index (χ3v) is 4.40. The monoisotopic (exact) mass is 363 g/mol. The molecule has 27 heavy (non-hydrogen) atoms. The van der Waals surface area contributed by atoms with E-state index < -0.39 is 0 Å². The molecule has 1 heterocycles. The van der Waals surface area contributed by atoms with Gasteiger partial charge in [-0.25, -0.2) is 9.37 Å². The maximum Gasteiger partial charge on any atom is 0.274 e. The molecule has 3 rings (SSSR count). The first-order chi connectivity index (χ1) is 13.0. The smallest absolute Gasteiger partial charge is 0.274 e. The summed E-state index contributed by atoms with van der Waals surface area (Å²) in [6, 6.07) is 16.1. The van der Waals surface area contributed by atoms with Gasteiger partial charge in [0, 0.05) is 12.2 Å². The van der Waals surface area contributed by atoms with Gasteiger partial charge in [0.2, 0.25) is 0 Å². The van der Waals surface area contributed by atoms with Crippen LogP contribution in [-0.4, -0.2) is 17.4 Å². The van der Waals surface area contributed by atoms with Crippen molar-refractivity contribution < 1.29 is 9.18 Å². The van der Waals surface area contributed by atoms with Crippen molar-refractivity contribution in [2.24, 2.45) is 0 Å². The van der Waals surface area contributed by atoms with Gasteiger partial charge in [-0.1, -0.05) is 36.4 Å². The average molecular weight is 363 g/mol. The Morgan fingerprint density at radius 1 is 1.00 bits per heavy atom. The van der Waals surface area contributed by atoms with E-state index in [-0.39, 0.29) is 11.7 Å². The number of benzene rings is 2. The van der Waals surface area contributed by atoms with Gasteiger partial charge in [-0.2, -0.15) is 0 Å². The molecular weight excluding hydrogens is 341 g/mol. The third-order valence-electron chi connectivity index (χ3n) is 4.40. The van der Waals surface area contributed by atoms with Crippen LogP contribution in [0.4, 0.5) is 15.8 Å². The van der Waals surface area contributed by atoms with Crippen molar-refractivity contribution >= 4 is 17.3 Å². The maximum atomic E-state index is 13.6. The Morgan fingerprint density at radius 2 is 1.74 bits per heavy atom. The number of carbonyl (C=O) groups is 1. The number of amides is 1. The van der Waals surface area contributed by atoms with Gasteiger partial charge in [0.1, 0.15) is 11.5 Å². The van der Waals surface area contributed by atoms with Crippen LogP contribution in [0.2, 0.25) is 0 Å². The third kappa shape index (κ3) is 4.70. The number of aryl methyl sites for hydroxylation is 2. The normalized spacial score (nSPS) is 10.5. The number of nitrogens with zero attached hydrogens (tertiary/aromatic N) is 1. The zero-order chi connectivity index (χ0) is 19.2. The summed E-state index contributed by atoms with van der Waals surface area (Å²) in [7, 11) is 0. The molecule has 0 atom stereocenters. The molecule has 4 nitrogen and oxygen atoms in total. The number of rotatable bonds is 6. The Bertz CT molecular complexity index is 918. The van der Waals surface area contributed by atoms with Crippen LogP contribution in [0.1, 0.15) is 27.2 Å². The Hall–Kier alpha value is -3.21. The number of aromatic nitrogens is 1. The highest BCUT2D eigenvalue weighted by molar-refractivity contribution is 6.03. The molecule has 0 unspecified atom stereocenters. The number of carbonyl (C=O) groups excluding carboxylic acids is 1. The SMILES string of the molecule is Cc1cccc(C)c1NC(=O)c1ccc(NCCc2ccccc2F)cn1. The molecule has 0 bridgehead atoms. The number of hydrogen-bond acceptors (Lipinski definition) is 3. The van der Waals surface area contributed by atoms with Crippen LogP contribution in [0.25, 0.3) is 0 Å². The lowest BCUT2D eigenvalue weighted by molar-refractivity contribution is 0.102. The number of nitrogens with one attached hydrogen (secondary N) is 2. The molecule has 5 heteroatoms. The Morgan fingerprint density at radius 3 is 2.41 bits per heavy atom. The minimum atomic E-state index is -0.245. The molecule has 0 saturated heterocycles. The van der Waals surface area contributed by atoms with Gasteiger partial charge in [-0.15, -0.1) is 0 Å². The minimum Gasteiger partial charge on any atom is -0.383 e. The zero-order valence-corrected chi connectivity index (χ0v) is 15.4. The van der Waals surface area contributed by atoms with E-state index in [0.717, 1.165) is 22.5 Å². The van der Waals surface area contributed by atoms with Gasteiger partial charge in [0.05, 0.1) is 11.9 Å². The van der Waals surface area contributed by atoms with Crippen LogP contribution in [0.3, 0.4) is 0 Å². The standard InChI is InChI=1S/C22H22FN3O/c1-15-6-5-7-16(2)21(15)26-22(27)20-11-10-18(14-25-20)24-13-12-17-8-3-4-9-19(17)23/h3-11,14,24H,12-13H2,1-2H3,(H,26,27). The summed E-state index contributed by atoms with van der Waals surface area (Å²) in [5.41, 5.74) is 4.63. The van der Waals surface area contributed by atoms with Crippen molar-refractivity contribution in [2.75, 3.05) is 17.2 Å². The second-order valence-electron chi connectivity index (χ2n) is 6.42. The van der Waals surface area contributed by atoms with Crippen LogP contribution in [-0.2, 0) is 6.42 Å². The number of halogens is 1. The van der Waals surface area contributed by atoms with E-state index in [9.17, 15) is 9.18 Å². The maximum absolute atomic E-state index is 13.6. The average Bonchev–Trinajstić information content (AvgIpc) is 2.67. The van der Waals surface area contributed by atoms with Crippen LogP contribution in [0.5, 0.6) is 0 Å². The highest BCUT2D eigenvalue weighted by Crippen LogP contribution is 2.20. The van der Waals surface area contributed by atoms with Crippen molar-refractivity contribution in [3.8, 4) is 0 Å². The summed E-state index contributed by atoms with van der Waals surface area (Å²) in [5, 5.41) is 6.12. The van der Waals surface area contributed by atoms with E-state index in [2.05, 4.69) is 15.6 Å². The topological polar surface area (TPSA) is 54.0 Å². The van der Waals surface area contributed by atoms with E-state index >= 15 is 0 Å². The van der Waals surface area contributed by atoms with Gasteiger partial charge >= 0.3 is 0 Å². The fraction of sp³-hybridized carbons (Fsp3) is 0.182. The number of anilines is 2. The van der Waals surface area contributed by atoms with Crippen LogP contribution in [0, 0.1) is 19.7 Å². The molecule has 1 amide bonds. The quantitative estimate of drug-likeness (QED) is 0.665. The molecule has 0 aliphatic rings. The summed E-state index contributed by atoms with van der Waals surface area (Å²) in [6.45, 7) is 4.49. The Labute approximate surface area is 158 Å². The second-order valence-corrected chi connectivity index (χ2v) is 6.42.